The van der Waals surface area contributed by atoms with E-state index < -0.39 is 0 Å². The van der Waals surface area contributed by atoms with Crippen LogP contribution in [0.5, 0.6) is 0 Å². The fraction of sp³-hybridized carbons (Fsp3) is 0. The third-order valence-electron chi connectivity index (χ3n) is 5.84. The van der Waals surface area contributed by atoms with Crippen molar-refractivity contribution in [3.05, 3.63) is 114 Å². The van der Waals surface area contributed by atoms with Crippen LogP contribution in [0, 0.1) is 0 Å². The van der Waals surface area contributed by atoms with Crippen molar-refractivity contribution in [3.63, 3.8) is 0 Å². The Labute approximate surface area is 179 Å². The number of fused-ring (bicyclic) bond motifs is 5. The Morgan fingerprint density at radius 1 is 0.567 bits per heavy atom. The first-order valence-electron chi connectivity index (χ1n) is 10.1. The van der Waals surface area contributed by atoms with Crippen molar-refractivity contribution in [2.24, 2.45) is 0 Å². The number of hydrogen-bond acceptors (Lipinski definition) is 0. The maximum Gasteiger partial charge on any atom is 0.0547 e. The molecule has 1 heterocycles. The fourth-order valence-corrected chi connectivity index (χ4v) is 4.76. The Balaban J connectivity index is 1.78. The molecule has 0 amide bonds. The molecule has 0 aliphatic rings. The molecule has 5 aromatic carbocycles. The van der Waals surface area contributed by atoms with E-state index in [-0.39, 0.29) is 0 Å². The zero-order valence-corrected chi connectivity index (χ0v) is 17.0. The molecule has 142 valence electrons. The minimum absolute atomic E-state index is 0.746. The van der Waals surface area contributed by atoms with E-state index in [1.807, 2.05) is 18.2 Å². The first-order chi connectivity index (χ1) is 14.8. The highest BCUT2D eigenvalue weighted by atomic mass is 35.5. The molecule has 6 aromatic rings. The molecule has 0 spiro atoms. The zero-order chi connectivity index (χ0) is 20.1. The van der Waals surface area contributed by atoms with E-state index in [9.17, 15) is 0 Å². The van der Waals surface area contributed by atoms with Gasteiger partial charge in [0.1, 0.15) is 0 Å². The number of halogens is 1. The lowest BCUT2D eigenvalue weighted by atomic mass is 10.0. The quantitative estimate of drug-likeness (QED) is 0.274. The first-order valence-corrected chi connectivity index (χ1v) is 10.5. The normalized spacial score (nSPS) is 11.5. The number of benzene rings is 5. The molecule has 0 bridgehead atoms. The van der Waals surface area contributed by atoms with Gasteiger partial charge < -0.3 is 4.57 Å². The maximum atomic E-state index is 6.32. The van der Waals surface area contributed by atoms with Crippen molar-refractivity contribution >= 4 is 44.2 Å². The van der Waals surface area contributed by atoms with Gasteiger partial charge in [0.25, 0.3) is 0 Å². The lowest BCUT2D eigenvalue weighted by Gasteiger charge is -2.14. The molecule has 0 saturated heterocycles. The van der Waals surface area contributed by atoms with E-state index in [4.69, 9.17) is 11.6 Å². The molecule has 1 aromatic heterocycles. The molecule has 0 saturated carbocycles. The number of nitrogens with zero attached hydrogens (tertiary/aromatic N) is 1. The number of rotatable bonds is 2. The Kier molecular flexibility index (Phi) is 3.90. The van der Waals surface area contributed by atoms with Gasteiger partial charge in [-0.05, 0) is 46.7 Å². The zero-order valence-electron chi connectivity index (χ0n) is 16.2. The monoisotopic (exact) mass is 403 g/mol. The minimum Gasteiger partial charge on any atom is -0.309 e. The second-order valence-corrected chi connectivity index (χ2v) is 8.00. The summed E-state index contributed by atoms with van der Waals surface area (Å²) in [4.78, 5) is 0. The molecule has 30 heavy (non-hydrogen) atoms. The smallest absolute Gasteiger partial charge is 0.0547 e. The highest BCUT2D eigenvalue weighted by molar-refractivity contribution is 6.30. The number of hydrogen-bond donors (Lipinski definition) is 0. The lowest BCUT2D eigenvalue weighted by molar-refractivity contribution is 1.18. The second-order valence-electron chi connectivity index (χ2n) is 7.56. The third-order valence-corrected chi connectivity index (χ3v) is 6.08. The first kappa shape index (κ1) is 17.3. The molecule has 0 unspecified atom stereocenters. The van der Waals surface area contributed by atoms with Gasteiger partial charge in [0.05, 0.1) is 16.7 Å². The average Bonchev–Trinajstić information content (AvgIpc) is 3.14. The van der Waals surface area contributed by atoms with Crippen LogP contribution in [0.3, 0.4) is 0 Å². The van der Waals surface area contributed by atoms with Gasteiger partial charge in [0.2, 0.25) is 0 Å². The van der Waals surface area contributed by atoms with Crippen LogP contribution in [0.1, 0.15) is 0 Å². The topological polar surface area (TPSA) is 4.93 Å². The van der Waals surface area contributed by atoms with Crippen LogP contribution >= 0.6 is 11.6 Å². The molecule has 0 atom stereocenters. The Bertz CT molecular complexity index is 1560. The Hall–Kier alpha value is -3.55. The summed E-state index contributed by atoms with van der Waals surface area (Å²) in [5.74, 6) is 0. The van der Waals surface area contributed by atoms with Gasteiger partial charge in [0, 0.05) is 21.4 Å². The molecule has 2 heteroatoms. The van der Waals surface area contributed by atoms with E-state index in [1.54, 1.807) is 0 Å². The summed E-state index contributed by atoms with van der Waals surface area (Å²) >= 11 is 6.32. The summed E-state index contributed by atoms with van der Waals surface area (Å²) < 4.78 is 2.38. The molecule has 6 rings (SSSR count). The third kappa shape index (κ3) is 2.56. The van der Waals surface area contributed by atoms with Gasteiger partial charge in [-0.2, -0.15) is 0 Å². The van der Waals surface area contributed by atoms with Crippen molar-refractivity contribution < 1.29 is 0 Å². The van der Waals surface area contributed by atoms with Gasteiger partial charge in [-0.15, -0.1) is 0 Å². The van der Waals surface area contributed by atoms with Crippen LogP contribution in [0.25, 0.3) is 49.4 Å². The summed E-state index contributed by atoms with van der Waals surface area (Å²) in [5.41, 5.74) is 5.85. The van der Waals surface area contributed by atoms with E-state index in [1.165, 1.54) is 32.6 Å². The summed E-state index contributed by atoms with van der Waals surface area (Å²) in [6.07, 6.45) is 0. The van der Waals surface area contributed by atoms with Crippen LogP contribution in [0.4, 0.5) is 0 Å². The maximum absolute atomic E-state index is 6.32. The molecular formula is C28H18ClN. The summed E-state index contributed by atoms with van der Waals surface area (Å²) in [5, 5.41) is 5.85. The van der Waals surface area contributed by atoms with Gasteiger partial charge in [-0.3, -0.25) is 0 Å². The van der Waals surface area contributed by atoms with Crippen LogP contribution in [-0.2, 0) is 0 Å². The molecule has 0 aliphatic heterocycles. The van der Waals surface area contributed by atoms with Crippen molar-refractivity contribution in [2.45, 2.75) is 0 Å². The Morgan fingerprint density at radius 3 is 2.23 bits per heavy atom. The molecule has 0 N–H and O–H groups in total. The predicted octanol–water partition coefficient (Wildman–Crippen LogP) is 8.26. The molecule has 0 radical (unpaired) electrons. The van der Waals surface area contributed by atoms with E-state index in [0.29, 0.717) is 0 Å². The lowest BCUT2D eigenvalue weighted by Crippen LogP contribution is -1.97. The molecular weight excluding hydrogens is 386 g/mol. The van der Waals surface area contributed by atoms with Crippen molar-refractivity contribution in [3.8, 4) is 16.8 Å². The van der Waals surface area contributed by atoms with Crippen molar-refractivity contribution in [1.82, 2.24) is 4.57 Å². The summed E-state index contributed by atoms with van der Waals surface area (Å²) in [6, 6.07) is 38.4. The molecule has 1 nitrogen and oxygen atoms in total. The van der Waals surface area contributed by atoms with E-state index in [0.717, 1.165) is 21.8 Å². The van der Waals surface area contributed by atoms with Gasteiger partial charge in [0.15, 0.2) is 0 Å². The Morgan fingerprint density at radius 2 is 1.33 bits per heavy atom. The minimum atomic E-state index is 0.746. The summed E-state index contributed by atoms with van der Waals surface area (Å²) in [7, 11) is 0. The average molecular weight is 404 g/mol. The van der Waals surface area contributed by atoms with Gasteiger partial charge >= 0.3 is 0 Å². The highest BCUT2D eigenvalue weighted by Gasteiger charge is 2.16. The van der Waals surface area contributed by atoms with Crippen LogP contribution < -0.4 is 0 Å². The van der Waals surface area contributed by atoms with E-state index in [2.05, 4.69) is 95.6 Å². The van der Waals surface area contributed by atoms with Crippen LogP contribution in [-0.4, -0.2) is 4.57 Å². The van der Waals surface area contributed by atoms with Gasteiger partial charge in [-0.1, -0.05) is 90.5 Å². The SMILES string of the molecule is Clc1cccc(-c2ccccc2-n2c3ccccc3c3c4ccccc4ccc32)c1. The molecule has 0 fully saturated rings. The molecule has 0 aliphatic carbocycles. The summed E-state index contributed by atoms with van der Waals surface area (Å²) in [6.45, 7) is 0. The van der Waals surface area contributed by atoms with Crippen LogP contribution in [0.2, 0.25) is 5.02 Å². The highest BCUT2D eigenvalue weighted by Crippen LogP contribution is 2.39. The predicted molar refractivity (Wildman–Crippen MR) is 129 cm³/mol. The van der Waals surface area contributed by atoms with Crippen molar-refractivity contribution in [2.75, 3.05) is 0 Å². The van der Waals surface area contributed by atoms with Gasteiger partial charge in [-0.25, -0.2) is 0 Å². The fourth-order valence-electron chi connectivity index (χ4n) is 4.57. The standard InChI is InChI=1S/C28H18ClN/c29-21-10-7-9-20(18-21)22-11-3-5-14-25(22)30-26-15-6-4-13-24(26)28-23-12-2-1-8-19(23)16-17-27(28)30/h1-18H. The van der Waals surface area contributed by atoms with Crippen molar-refractivity contribution in [1.29, 1.82) is 0 Å². The number of para-hydroxylation sites is 2. The largest absolute Gasteiger partial charge is 0.309 e. The second kappa shape index (κ2) is 6.76. The van der Waals surface area contributed by atoms with E-state index >= 15 is 0 Å². The van der Waals surface area contributed by atoms with Crippen LogP contribution in [0.15, 0.2) is 109 Å². The number of aromatic nitrogens is 1.